The fraction of sp³-hybridized carbons (Fsp3) is 0.583. The van der Waals surface area contributed by atoms with Crippen LogP contribution < -0.4 is 5.32 Å². The number of nitrogens with one attached hydrogen (secondary N) is 1. The third kappa shape index (κ3) is 2.55. The first-order chi connectivity index (χ1) is 6.90. The van der Waals surface area contributed by atoms with Gasteiger partial charge in [-0.05, 0) is 49.4 Å². The molecule has 1 atom stereocenters. The van der Waals surface area contributed by atoms with Crippen LogP contribution in [0.25, 0.3) is 0 Å². The van der Waals surface area contributed by atoms with Gasteiger partial charge in [0.05, 0.1) is 0 Å². The second-order valence-electron chi connectivity index (χ2n) is 4.06. The average molecular weight is 190 g/mol. The molecule has 0 saturated heterocycles. The molecule has 1 fully saturated rings. The van der Waals surface area contributed by atoms with Crippen LogP contribution in [0, 0.1) is 5.92 Å². The monoisotopic (exact) mass is 190 g/mol. The van der Waals surface area contributed by atoms with Gasteiger partial charge < -0.3 is 5.32 Å². The second kappa shape index (κ2) is 4.56. The van der Waals surface area contributed by atoms with Crippen molar-refractivity contribution >= 4 is 0 Å². The van der Waals surface area contributed by atoms with Crippen molar-refractivity contribution in [1.29, 1.82) is 0 Å². The van der Waals surface area contributed by atoms with Gasteiger partial charge in [-0.25, -0.2) is 0 Å². The molecule has 2 heteroatoms. The summed E-state index contributed by atoms with van der Waals surface area (Å²) >= 11 is 0. The quantitative estimate of drug-likeness (QED) is 0.768. The van der Waals surface area contributed by atoms with E-state index in [2.05, 4.69) is 29.4 Å². The van der Waals surface area contributed by atoms with Crippen LogP contribution in [0.4, 0.5) is 0 Å². The van der Waals surface area contributed by atoms with Crippen molar-refractivity contribution in [3.05, 3.63) is 30.1 Å². The minimum absolute atomic E-state index is 0.683. The fourth-order valence-corrected chi connectivity index (χ4v) is 1.94. The minimum atomic E-state index is 0.683. The molecule has 0 spiro atoms. The largest absolute Gasteiger partial charge is 0.314 e. The number of hydrogen-bond donors (Lipinski definition) is 1. The normalized spacial score (nSPS) is 18.1. The Morgan fingerprint density at radius 2 is 2.14 bits per heavy atom. The Bertz CT molecular complexity index is 267. The van der Waals surface area contributed by atoms with E-state index in [1.54, 1.807) is 0 Å². The van der Waals surface area contributed by atoms with Crippen LogP contribution in [-0.4, -0.2) is 17.6 Å². The van der Waals surface area contributed by atoms with Gasteiger partial charge in [0.15, 0.2) is 0 Å². The molecule has 1 aromatic heterocycles. The van der Waals surface area contributed by atoms with E-state index < -0.39 is 0 Å². The highest BCUT2D eigenvalue weighted by Crippen LogP contribution is 2.33. The molecule has 1 aliphatic carbocycles. The van der Waals surface area contributed by atoms with E-state index in [-0.39, 0.29) is 0 Å². The Hall–Kier alpha value is -0.890. The molecule has 0 amide bonds. The minimum Gasteiger partial charge on any atom is -0.314 e. The van der Waals surface area contributed by atoms with Crippen molar-refractivity contribution in [2.24, 2.45) is 5.92 Å². The molecule has 0 radical (unpaired) electrons. The van der Waals surface area contributed by atoms with Crippen LogP contribution >= 0.6 is 0 Å². The first-order valence-corrected chi connectivity index (χ1v) is 5.52. The molecule has 2 rings (SSSR count). The highest BCUT2D eigenvalue weighted by Gasteiger charge is 2.30. The zero-order valence-corrected chi connectivity index (χ0v) is 8.74. The Balaban J connectivity index is 1.93. The highest BCUT2D eigenvalue weighted by molar-refractivity contribution is 5.12. The van der Waals surface area contributed by atoms with Gasteiger partial charge in [0.1, 0.15) is 0 Å². The summed E-state index contributed by atoms with van der Waals surface area (Å²) in [7, 11) is 0. The van der Waals surface area contributed by atoms with Gasteiger partial charge in [-0.15, -0.1) is 0 Å². The molecule has 0 bridgehead atoms. The predicted octanol–water partition coefficient (Wildman–Crippen LogP) is 2.01. The Kier molecular flexibility index (Phi) is 3.14. The first kappa shape index (κ1) is 9.66. The molecule has 14 heavy (non-hydrogen) atoms. The topological polar surface area (TPSA) is 24.9 Å². The number of nitrogens with zero attached hydrogens (tertiary/aromatic N) is 1. The summed E-state index contributed by atoms with van der Waals surface area (Å²) in [5.41, 5.74) is 1.40. The molecular weight excluding hydrogens is 172 g/mol. The van der Waals surface area contributed by atoms with Gasteiger partial charge >= 0.3 is 0 Å². The lowest BCUT2D eigenvalue weighted by Gasteiger charge is -2.16. The summed E-state index contributed by atoms with van der Waals surface area (Å²) in [5.74, 6) is 0.920. The van der Waals surface area contributed by atoms with Crippen molar-refractivity contribution in [3.8, 4) is 0 Å². The van der Waals surface area contributed by atoms with Crippen LogP contribution in [0.1, 0.15) is 25.3 Å². The molecule has 0 aromatic carbocycles. The molecule has 0 aliphatic heterocycles. The van der Waals surface area contributed by atoms with E-state index in [0.29, 0.717) is 6.04 Å². The molecule has 1 unspecified atom stereocenters. The van der Waals surface area contributed by atoms with Crippen LogP contribution in [-0.2, 0) is 6.42 Å². The molecule has 1 aromatic rings. The summed E-state index contributed by atoms with van der Waals surface area (Å²) in [6.07, 6.45) is 7.73. The highest BCUT2D eigenvalue weighted by atomic mass is 14.9. The van der Waals surface area contributed by atoms with E-state index in [9.17, 15) is 0 Å². The number of rotatable bonds is 5. The van der Waals surface area contributed by atoms with Crippen molar-refractivity contribution < 1.29 is 0 Å². The standard InChI is InChI=1S/C12H18N2/c1-2-14-12(11-3-4-11)9-10-5-7-13-8-6-10/h5-8,11-12,14H,2-4,9H2,1H3. The van der Waals surface area contributed by atoms with Gasteiger partial charge in [0, 0.05) is 18.4 Å². The van der Waals surface area contributed by atoms with Crippen LogP contribution in [0.3, 0.4) is 0 Å². The lowest BCUT2D eigenvalue weighted by Crippen LogP contribution is -2.32. The predicted molar refractivity (Wildman–Crippen MR) is 58.1 cm³/mol. The average Bonchev–Trinajstić information content (AvgIpc) is 3.02. The summed E-state index contributed by atoms with van der Waals surface area (Å²) in [5, 5.41) is 3.57. The summed E-state index contributed by atoms with van der Waals surface area (Å²) < 4.78 is 0. The van der Waals surface area contributed by atoms with Crippen molar-refractivity contribution in [3.63, 3.8) is 0 Å². The van der Waals surface area contributed by atoms with Crippen molar-refractivity contribution in [2.45, 2.75) is 32.2 Å². The summed E-state index contributed by atoms with van der Waals surface area (Å²) in [6, 6.07) is 4.92. The van der Waals surface area contributed by atoms with E-state index in [0.717, 1.165) is 18.9 Å². The fourth-order valence-electron chi connectivity index (χ4n) is 1.94. The lowest BCUT2D eigenvalue weighted by atomic mass is 10.0. The first-order valence-electron chi connectivity index (χ1n) is 5.52. The zero-order chi connectivity index (χ0) is 9.80. The van der Waals surface area contributed by atoms with Gasteiger partial charge in [-0.1, -0.05) is 6.92 Å². The molecule has 2 nitrogen and oxygen atoms in total. The maximum Gasteiger partial charge on any atom is 0.0270 e. The van der Waals surface area contributed by atoms with Gasteiger partial charge in [0.2, 0.25) is 0 Å². The van der Waals surface area contributed by atoms with Crippen molar-refractivity contribution in [2.75, 3.05) is 6.54 Å². The summed E-state index contributed by atoms with van der Waals surface area (Å²) in [6.45, 7) is 3.26. The van der Waals surface area contributed by atoms with Crippen LogP contribution in [0.15, 0.2) is 24.5 Å². The molecule has 1 saturated carbocycles. The lowest BCUT2D eigenvalue weighted by molar-refractivity contribution is 0.472. The van der Waals surface area contributed by atoms with Gasteiger partial charge in [-0.2, -0.15) is 0 Å². The molecule has 1 heterocycles. The van der Waals surface area contributed by atoms with Gasteiger partial charge in [-0.3, -0.25) is 4.98 Å². The van der Waals surface area contributed by atoms with Gasteiger partial charge in [0.25, 0.3) is 0 Å². The number of hydrogen-bond acceptors (Lipinski definition) is 2. The SMILES string of the molecule is CCNC(Cc1ccncc1)C1CC1. The smallest absolute Gasteiger partial charge is 0.0270 e. The Labute approximate surface area is 85.7 Å². The Morgan fingerprint density at radius 1 is 1.43 bits per heavy atom. The number of pyridine rings is 1. The number of likely N-dealkylation sites (N-methyl/N-ethyl adjacent to an activating group) is 1. The molecular formula is C12H18N2. The Morgan fingerprint density at radius 3 is 2.71 bits per heavy atom. The maximum atomic E-state index is 4.04. The van der Waals surface area contributed by atoms with E-state index >= 15 is 0 Å². The molecule has 1 N–H and O–H groups in total. The van der Waals surface area contributed by atoms with E-state index in [1.807, 2.05) is 12.4 Å². The van der Waals surface area contributed by atoms with Crippen molar-refractivity contribution in [1.82, 2.24) is 10.3 Å². The third-order valence-electron chi connectivity index (χ3n) is 2.86. The summed E-state index contributed by atoms with van der Waals surface area (Å²) in [4.78, 5) is 4.04. The number of aromatic nitrogens is 1. The molecule has 1 aliphatic rings. The van der Waals surface area contributed by atoms with Crippen LogP contribution in [0.2, 0.25) is 0 Å². The molecule has 76 valence electrons. The van der Waals surface area contributed by atoms with E-state index in [1.165, 1.54) is 18.4 Å². The van der Waals surface area contributed by atoms with E-state index in [4.69, 9.17) is 0 Å². The zero-order valence-electron chi connectivity index (χ0n) is 8.74. The maximum absolute atomic E-state index is 4.04. The van der Waals surface area contributed by atoms with Crippen LogP contribution in [0.5, 0.6) is 0 Å². The third-order valence-corrected chi connectivity index (χ3v) is 2.86. The second-order valence-corrected chi connectivity index (χ2v) is 4.06.